The highest BCUT2D eigenvalue weighted by atomic mass is 32.2. The van der Waals surface area contributed by atoms with Crippen molar-refractivity contribution in [1.82, 2.24) is 4.31 Å². The maximum atomic E-state index is 12.7. The Balaban J connectivity index is 1.95. The van der Waals surface area contributed by atoms with Gasteiger partial charge in [0, 0.05) is 12.1 Å². The van der Waals surface area contributed by atoms with Crippen molar-refractivity contribution in [3.05, 3.63) is 29.2 Å². The third-order valence-corrected chi connectivity index (χ3v) is 7.48. The molecule has 1 aromatic rings. The van der Waals surface area contributed by atoms with Gasteiger partial charge in [-0.15, -0.1) is 11.3 Å². The van der Waals surface area contributed by atoms with E-state index in [2.05, 4.69) is 6.58 Å². The minimum atomic E-state index is -3.60. The van der Waals surface area contributed by atoms with Crippen molar-refractivity contribution in [1.29, 1.82) is 0 Å². The topological polar surface area (TPSA) is 74.7 Å². The second kappa shape index (κ2) is 4.41. The number of hydrogen-bond acceptors (Lipinski definition) is 4. The normalized spacial score (nSPS) is 22.1. The summed E-state index contributed by atoms with van der Waals surface area (Å²) in [6, 6.07) is 2.74. The van der Waals surface area contributed by atoms with Crippen LogP contribution in [-0.2, 0) is 10.0 Å². The lowest BCUT2D eigenvalue weighted by Crippen LogP contribution is -2.45. The van der Waals surface area contributed by atoms with Crippen molar-refractivity contribution >= 4 is 27.3 Å². The highest BCUT2D eigenvalue weighted by Crippen LogP contribution is 2.51. The van der Waals surface area contributed by atoms with E-state index in [1.807, 2.05) is 0 Å². The number of carboxylic acid groups (broad SMARTS) is 1. The average molecular weight is 313 g/mol. The Hall–Kier alpha value is -1.18. The summed E-state index contributed by atoms with van der Waals surface area (Å²) >= 11 is 0.819. The molecule has 0 radical (unpaired) electrons. The fraction of sp³-hybridized carbons (Fsp3) is 0.462. The number of hydrogen-bond donors (Lipinski definition) is 1. The zero-order valence-corrected chi connectivity index (χ0v) is 12.5. The van der Waals surface area contributed by atoms with Crippen molar-refractivity contribution in [2.24, 2.45) is 0 Å². The van der Waals surface area contributed by atoms with Crippen molar-refractivity contribution in [2.75, 3.05) is 6.54 Å². The molecule has 3 rings (SSSR count). The molecule has 0 unspecified atom stereocenters. The van der Waals surface area contributed by atoms with Crippen LogP contribution in [0, 0.1) is 0 Å². The molecule has 1 aliphatic carbocycles. The van der Waals surface area contributed by atoms with Gasteiger partial charge in [-0.3, -0.25) is 0 Å². The Morgan fingerprint density at radius 1 is 1.40 bits per heavy atom. The largest absolute Gasteiger partial charge is 0.477 e. The molecule has 0 amide bonds. The van der Waals surface area contributed by atoms with Crippen LogP contribution in [0.2, 0.25) is 0 Å². The second-order valence-corrected chi connectivity index (χ2v) is 8.58. The lowest BCUT2D eigenvalue weighted by atomic mass is 9.98. The van der Waals surface area contributed by atoms with Crippen LogP contribution in [0.3, 0.4) is 0 Å². The van der Waals surface area contributed by atoms with Gasteiger partial charge < -0.3 is 5.11 Å². The van der Waals surface area contributed by atoms with E-state index in [1.165, 1.54) is 12.1 Å². The summed E-state index contributed by atoms with van der Waals surface area (Å²) in [4.78, 5) is 10.9. The molecule has 2 aliphatic rings. The van der Waals surface area contributed by atoms with E-state index < -0.39 is 16.0 Å². The molecule has 1 spiro atoms. The predicted octanol–water partition coefficient (Wildman–Crippen LogP) is 2.32. The molecule has 5 nitrogen and oxygen atoms in total. The lowest BCUT2D eigenvalue weighted by molar-refractivity contribution is 0.0702. The van der Waals surface area contributed by atoms with Gasteiger partial charge in [-0.05, 0) is 37.8 Å². The molecule has 2 fully saturated rings. The van der Waals surface area contributed by atoms with Crippen molar-refractivity contribution in [2.45, 2.75) is 35.4 Å². The molecule has 0 aromatic carbocycles. The highest BCUT2D eigenvalue weighted by Gasteiger charge is 2.54. The van der Waals surface area contributed by atoms with E-state index in [-0.39, 0.29) is 14.6 Å². The number of nitrogens with zero attached hydrogens (tertiary/aromatic N) is 1. The van der Waals surface area contributed by atoms with E-state index in [0.717, 1.165) is 36.2 Å². The minimum absolute atomic E-state index is 0.0508. The number of carboxylic acids is 1. The Labute approximate surface area is 121 Å². The molecule has 1 saturated carbocycles. The van der Waals surface area contributed by atoms with E-state index in [4.69, 9.17) is 5.11 Å². The molecule has 2 heterocycles. The van der Waals surface area contributed by atoms with Gasteiger partial charge in [0.15, 0.2) is 0 Å². The fourth-order valence-corrected chi connectivity index (χ4v) is 5.85. The predicted molar refractivity (Wildman–Crippen MR) is 75.5 cm³/mol. The van der Waals surface area contributed by atoms with Crippen molar-refractivity contribution < 1.29 is 18.3 Å². The van der Waals surface area contributed by atoms with Gasteiger partial charge in [0.2, 0.25) is 0 Å². The SMILES string of the molecule is C=C1CCN(S(=O)(=O)c2ccc(C(=O)O)s2)C2(CC2)C1. The zero-order chi connectivity index (χ0) is 14.5. The van der Waals surface area contributed by atoms with Crippen molar-refractivity contribution in [3.63, 3.8) is 0 Å². The lowest BCUT2D eigenvalue weighted by Gasteiger charge is -2.35. The molecule has 7 heteroatoms. The van der Waals surface area contributed by atoms with Crippen molar-refractivity contribution in [3.8, 4) is 0 Å². The Bertz CT molecular complexity index is 685. The van der Waals surface area contributed by atoms with E-state index in [1.54, 1.807) is 4.31 Å². The van der Waals surface area contributed by atoms with Crippen LogP contribution in [0.25, 0.3) is 0 Å². The van der Waals surface area contributed by atoms with Crippen LogP contribution in [0.4, 0.5) is 0 Å². The smallest absolute Gasteiger partial charge is 0.345 e. The highest BCUT2D eigenvalue weighted by molar-refractivity contribution is 7.91. The van der Waals surface area contributed by atoms with Crippen LogP contribution in [0.1, 0.15) is 35.4 Å². The molecule has 1 N–H and O–H groups in total. The van der Waals surface area contributed by atoms with Crippen LogP contribution >= 0.6 is 11.3 Å². The van der Waals surface area contributed by atoms with E-state index in [9.17, 15) is 13.2 Å². The summed E-state index contributed by atoms with van der Waals surface area (Å²) in [5, 5.41) is 8.91. The van der Waals surface area contributed by atoms with Gasteiger partial charge in [0.05, 0.1) is 0 Å². The Kier molecular flexibility index (Phi) is 3.04. The number of carbonyl (C=O) groups is 1. The summed E-state index contributed by atoms with van der Waals surface area (Å²) in [6.07, 6.45) is 3.13. The quantitative estimate of drug-likeness (QED) is 0.869. The molecular formula is C13H15NO4S2. The number of thiophene rings is 1. The Morgan fingerprint density at radius 3 is 2.65 bits per heavy atom. The van der Waals surface area contributed by atoms with Gasteiger partial charge in [0.1, 0.15) is 9.09 Å². The molecule has 0 atom stereocenters. The maximum absolute atomic E-state index is 12.7. The summed E-state index contributed by atoms with van der Waals surface area (Å²) < 4.78 is 27.1. The van der Waals surface area contributed by atoms with Crippen LogP contribution in [0.15, 0.2) is 28.5 Å². The van der Waals surface area contributed by atoms with Crippen LogP contribution in [0.5, 0.6) is 0 Å². The van der Waals surface area contributed by atoms with Gasteiger partial charge in [-0.2, -0.15) is 4.31 Å². The number of piperidine rings is 1. The number of aromatic carboxylic acids is 1. The second-order valence-electron chi connectivity index (χ2n) is 5.40. The molecule has 1 saturated heterocycles. The van der Waals surface area contributed by atoms with E-state index in [0.29, 0.717) is 13.0 Å². The molecule has 1 aromatic heterocycles. The number of rotatable bonds is 3. The summed E-state index contributed by atoms with van der Waals surface area (Å²) in [7, 11) is -3.60. The third kappa shape index (κ3) is 2.10. The first kappa shape index (κ1) is 13.8. The average Bonchev–Trinajstić information content (AvgIpc) is 2.94. The zero-order valence-electron chi connectivity index (χ0n) is 10.8. The monoisotopic (exact) mass is 313 g/mol. The summed E-state index contributed by atoms with van der Waals surface area (Å²) in [5.41, 5.74) is 0.813. The summed E-state index contributed by atoms with van der Waals surface area (Å²) in [5.74, 6) is -1.09. The molecule has 20 heavy (non-hydrogen) atoms. The van der Waals surface area contributed by atoms with Gasteiger partial charge >= 0.3 is 5.97 Å². The first-order valence-corrected chi connectivity index (χ1v) is 8.63. The van der Waals surface area contributed by atoms with Gasteiger partial charge in [-0.1, -0.05) is 12.2 Å². The van der Waals surface area contributed by atoms with Gasteiger partial charge in [0.25, 0.3) is 10.0 Å². The molecule has 0 bridgehead atoms. The van der Waals surface area contributed by atoms with Crippen LogP contribution in [-0.4, -0.2) is 35.9 Å². The molecule has 1 aliphatic heterocycles. The molecular weight excluding hydrogens is 298 g/mol. The summed E-state index contributed by atoms with van der Waals surface area (Å²) in [6.45, 7) is 4.42. The standard InChI is InChI=1S/C13H15NO4S2/c1-9-4-7-14(13(8-9)5-6-13)20(17,18)11-3-2-10(19-11)12(15)16/h2-3H,1,4-8H2,(H,15,16). The van der Waals surface area contributed by atoms with E-state index >= 15 is 0 Å². The third-order valence-electron chi connectivity index (χ3n) is 3.94. The van der Waals surface area contributed by atoms with Gasteiger partial charge in [-0.25, -0.2) is 13.2 Å². The first-order chi connectivity index (χ1) is 9.35. The molecule has 108 valence electrons. The maximum Gasteiger partial charge on any atom is 0.345 e. The minimum Gasteiger partial charge on any atom is -0.477 e. The van der Waals surface area contributed by atoms with Crippen LogP contribution < -0.4 is 0 Å². The number of sulfonamides is 1. The first-order valence-electron chi connectivity index (χ1n) is 6.38. The fourth-order valence-electron chi connectivity index (χ4n) is 2.77. The Morgan fingerprint density at radius 2 is 2.10 bits per heavy atom.